The number of anilines is 2. The van der Waals surface area contributed by atoms with E-state index in [-0.39, 0.29) is 5.78 Å². The zero-order valence-corrected chi connectivity index (χ0v) is 16.3. The van der Waals surface area contributed by atoms with Crippen LogP contribution in [-0.2, 0) is 24.8 Å². The first-order valence-electron chi connectivity index (χ1n) is 9.28. The molecule has 3 heterocycles. The number of nitrogens with one attached hydrogen (secondary N) is 1. The number of carbonyl (C=O) groups excluding carboxylic acids is 1. The summed E-state index contributed by atoms with van der Waals surface area (Å²) in [7, 11) is 1.85. The first-order valence-corrected chi connectivity index (χ1v) is 9.28. The van der Waals surface area contributed by atoms with E-state index in [0.717, 1.165) is 27.8 Å². The molecule has 8 heteroatoms. The Labute approximate surface area is 167 Å². The lowest BCUT2D eigenvalue weighted by Gasteiger charge is -2.07. The number of hydrogen-bond donors (Lipinski definition) is 1. The van der Waals surface area contributed by atoms with Gasteiger partial charge in [-0.2, -0.15) is 15.2 Å². The van der Waals surface area contributed by atoms with E-state index in [9.17, 15) is 4.79 Å². The second-order valence-electron chi connectivity index (χ2n) is 6.77. The average Bonchev–Trinajstić information content (AvgIpc) is 3.28. The van der Waals surface area contributed by atoms with Gasteiger partial charge in [0.05, 0.1) is 30.0 Å². The monoisotopic (exact) mass is 387 g/mol. The Hall–Kier alpha value is -3.81. The molecule has 0 saturated carbocycles. The van der Waals surface area contributed by atoms with Gasteiger partial charge in [0.1, 0.15) is 0 Å². The maximum Gasteiger partial charge on any atom is 0.229 e. The highest BCUT2D eigenvalue weighted by Crippen LogP contribution is 2.17. The fourth-order valence-electron chi connectivity index (χ4n) is 3.11. The molecule has 0 spiro atoms. The molecule has 0 radical (unpaired) electrons. The van der Waals surface area contributed by atoms with Crippen LogP contribution in [0.1, 0.15) is 18.1 Å². The van der Waals surface area contributed by atoms with Crippen molar-refractivity contribution in [2.45, 2.75) is 19.9 Å². The lowest BCUT2D eigenvalue weighted by atomic mass is 10.1. The summed E-state index contributed by atoms with van der Waals surface area (Å²) in [6.07, 6.45) is 10.8. The molecule has 1 N–H and O–H groups in total. The molecule has 1 aromatic carbocycles. The number of rotatable bonds is 7. The molecule has 0 aliphatic rings. The van der Waals surface area contributed by atoms with Crippen molar-refractivity contribution in [2.24, 2.45) is 7.05 Å². The Morgan fingerprint density at radius 2 is 2.03 bits per heavy atom. The highest BCUT2D eigenvalue weighted by Gasteiger charge is 2.09. The van der Waals surface area contributed by atoms with Gasteiger partial charge >= 0.3 is 0 Å². The van der Waals surface area contributed by atoms with E-state index >= 15 is 0 Å². The molecule has 0 aliphatic carbocycles. The van der Waals surface area contributed by atoms with E-state index in [0.29, 0.717) is 18.9 Å². The van der Waals surface area contributed by atoms with Crippen molar-refractivity contribution in [2.75, 3.05) is 5.32 Å². The van der Waals surface area contributed by atoms with E-state index in [2.05, 4.69) is 25.5 Å². The Morgan fingerprint density at radius 1 is 1.17 bits per heavy atom. The Kier molecular flexibility index (Phi) is 5.15. The van der Waals surface area contributed by atoms with Gasteiger partial charge in [-0.1, -0.05) is 30.3 Å². The summed E-state index contributed by atoms with van der Waals surface area (Å²) in [5.74, 6) is 0.575. The average molecular weight is 387 g/mol. The van der Waals surface area contributed by atoms with Crippen LogP contribution in [0.15, 0.2) is 61.2 Å². The van der Waals surface area contributed by atoms with E-state index in [1.807, 2.05) is 49.1 Å². The van der Waals surface area contributed by atoms with Gasteiger partial charge in [-0.25, -0.2) is 9.67 Å². The molecule has 4 aromatic rings. The fourth-order valence-corrected chi connectivity index (χ4v) is 3.11. The molecule has 0 amide bonds. The van der Waals surface area contributed by atoms with Crippen molar-refractivity contribution in [3.8, 4) is 0 Å². The molecule has 4 rings (SSSR count). The molecule has 0 saturated heterocycles. The summed E-state index contributed by atoms with van der Waals surface area (Å²) >= 11 is 0. The van der Waals surface area contributed by atoms with Crippen molar-refractivity contribution >= 4 is 28.5 Å². The lowest BCUT2D eigenvalue weighted by Crippen LogP contribution is -2.05. The number of benzene rings is 1. The lowest BCUT2D eigenvalue weighted by molar-refractivity contribution is -0.114. The summed E-state index contributed by atoms with van der Waals surface area (Å²) in [5.41, 5.74) is 3.59. The zero-order chi connectivity index (χ0) is 20.2. The first kappa shape index (κ1) is 18.5. The maximum atomic E-state index is 11.9. The maximum absolute atomic E-state index is 11.9. The van der Waals surface area contributed by atoms with Gasteiger partial charge in [0, 0.05) is 25.9 Å². The summed E-state index contributed by atoms with van der Waals surface area (Å²) in [6.45, 7) is 2.40. The zero-order valence-electron chi connectivity index (χ0n) is 16.3. The van der Waals surface area contributed by atoms with Gasteiger partial charge in [-0.15, -0.1) is 0 Å². The number of hydrogen-bond acceptors (Lipinski definition) is 6. The molecule has 29 heavy (non-hydrogen) atoms. The van der Waals surface area contributed by atoms with E-state index in [1.165, 1.54) is 0 Å². The molecule has 146 valence electrons. The highest BCUT2D eigenvalue weighted by molar-refractivity contribution is 5.91. The van der Waals surface area contributed by atoms with Gasteiger partial charge in [0.25, 0.3) is 0 Å². The smallest absolute Gasteiger partial charge is 0.229 e. The van der Waals surface area contributed by atoms with Crippen molar-refractivity contribution < 1.29 is 4.79 Å². The van der Waals surface area contributed by atoms with Crippen LogP contribution < -0.4 is 5.32 Å². The number of carbonyl (C=O) groups is 1. The summed E-state index contributed by atoms with van der Waals surface area (Å²) in [5, 5.41) is 12.6. The number of ketones is 1. The third-order valence-electron chi connectivity index (χ3n) is 4.39. The van der Waals surface area contributed by atoms with Crippen LogP contribution in [0.25, 0.3) is 11.0 Å². The van der Waals surface area contributed by atoms with E-state index in [1.54, 1.807) is 35.4 Å². The standard InChI is InChI=1S/C21H21N7O/c1-3-5-19(29)9-15-6-4-7-16(8-15)13-28-20-17(11-24-28)10-22-21(26-20)25-18-12-23-27(2)14-18/h3-8,10-12,14H,9,13H2,1-2H3,(H,22,25,26)/b5-3+. The van der Waals surface area contributed by atoms with Crippen molar-refractivity contribution in [1.82, 2.24) is 29.5 Å². The summed E-state index contributed by atoms with van der Waals surface area (Å²) in [6, 6.07) is 7.98. The molecule has 0 fully saturated rings. The molecule has 0 unspecified atom stereocenters. The van der Waals surface area contributed by atoms with Gasteiger partial charge in [0.2, 0.25) is 5.95 Å². The largest absolute Gasteiger partial charge is 0.321 e. The number of aromatic nitrogens is 6. The Balaban J connectivity index is 1.56. The van der Waals surface area contributed by atoms with Crippen LogP contribution in [0.2, 0.25) is 0 Å². The molecule has 8 nitrogen and oxygen atoms in total. The minimum Gasteiger partial charge on any atom is -0.321 e. The molecule has 3 aromatic heterocycles. The topological polar surface area (TPSA) is 90.5 Å². The number of allylic oxidation sites excluding steroid dienone is 2. The minimum absolute atomic E-state index is 0.0908. The van der Waals surface area contributed by atoms with Gasteiger partial charge in [-0.3, -0.25) is 9.48 Å². The predicted molar refractivity (Wildman–Crippen MR) is 111 cm³/mol. The highest BCUT2D eigenvalue weighted by atomic mass is 16.1. The summed E-state index contributed by atoms with van der Waals surface area (Å²) < 4.78 is 3.54. The van der Waals surface area contributed by atoms with Crippen LogP contribution in [-0.4, -0.2) is 35.3 Å². The van der Waals surface area contributed by atoms with Gasteiger partial charge in [0.15, 0.2) is 11.4 Å². The number of aryl methyl sites for hydroxylation is 1. The van der Waals surface area contributed by atoms with Gasteiger partial charge in [-0.05, 0) is 24.1 Å². The SMILES string of the molecule is C/C=C/C(=O)Cc1cccc(Cn2ncc3cnc(Nc4cnn(C)c4)nc32)c1. The Morgan fingerprint density at radius 3 is 2.83 bits per heavy atom. The fraction of sp³-hybridized carbons (Fsp3) is 0.190. The van der Waals surface area contributed by atoms with Crippen LogP contribution in [0.3, 0.4) is 0 Å². The molecule has 0 aliphatic heterocycles. The quantitative estimate of drug-likeness (QED) is 0.490. The Bertz CT molecular complexity index is 1190. The molecule has 0 bridgehead atoms. The van der Waals surface area contributed by atoms with Crippen molar-refractivity contribution in [3.05, 3.63) is 72.3 Å². The normalized spacial score (nSPS) is 11.4. The van der Waals surface area contributed by atoms with Crippen LogP contribution in [0, 0.1) is 0 Å². The third kappa shape index (κ3) is 4.37. The van der Waals surface area contributed by atoms with Crippen molar-refractivity contribution in [3.63, 3.8) is 0 Å². The van der Waals surface area contributed by atoms with Crippen LogP contribution >= 0.6 is 0 Å². The first-order chi connectivity index (χ1) is 14.1. The second-order valence-corrected chi connectivity index (χ2v) is 6.77. The van der Waals surface area contributed by atoms with Crippen LogP contribution in [0.5, 0.6) is 0 Å². The summed E-state index contributed by atoms with van der Waals surface area (Å²) in [4.78, 5) is 20.8. The van der Waals surface area contributed by atoms with Gasteiger partial charge < -0.3 is 5.32 Å². The van der Waals surface area contributed by atoms with Crippen molar-refractivity contribution in [1.29, 1.82) is 0 Å². The third-order valence-corrected chi connectivity index (χ3v) is 4.39. The molecular weight excluding hydrogens is 366 g/mol. The van der Waals surface area contributed by atoms with Crippen LogP contribution in [0.4, 0.5) is 11.6 Å². The predicted octanol–water partition coefficient (Wildman–Crippen LogP) is 3.04. The molecule has 0 atom stereocenters. The van der Waals surface area contributed by atoms with E-state index in [4.69, 9.17) is 0 Å². The second kappa shape index (κ2) is 8.05. The number of fused-ring (bicyclic) bond motifs is 1. The van der Waals surface area contributed by atoms with E-state index < -0.39 is 0 Å². The molecular formula is C21H21N7O. The number of nitrogens with zero attached hydrogens (tertiary/aromatic N) is 6. The minimum atomic E-state index is 0.0908.